The Morgan fingerprint density at radius 3 is 2.23 bits per heavy atom. The Morgan fingerprint density at radius 2 is 1.55 bits per heavy atom. The summed E-state index contributed by atoms with van der Waals surface area (Å²) in [4.78, 5) is 25.7. The van der Waals surface area contributed by atoms with Crippen molar-refractivity contribution in [3.63, 3.8) is 0 Å². The van der Waals surface area contributed by atoms with Gasteiger partial charge in [-0.05, 0) is 19.1 Å². The smallest absolute Gasteiger partial charge is 0.245 e. The van der Waals surface area contributed by atoms with Gasteiger partial charge in [-0.2, -0.15) is 0 Å². The molecule has 6 rings (SSSR count). The summed E-state index contributed by atoms with van der Waals surface area (Å²) >= 11 is 0. The molecule has 1 aromatic heterocycles. The standard InChI is InChI=1S/C17H15N3O2/c1-10-9-12-13-7-8-14(15(10)12)20-17(22)18(16(21)19(13)20)11-5-3-2-4-6-11/h2-9,12-15H,1H3/t12-,13+,14+,15+/m1/s1. The van der Waals surface area contributed by atoms with Crippen LogP contribution < -0.4 is 11.4 Å². The number of allylic oxidation sites excluding steroid dienone is 4. The zero-order valence-electron chi connectivity index (χ0n) is 12.1. The van der Waals surface area contributed by atoms with Gasteiger partial charge in [0.2, 0.25) is 0 Å². The maximum absolute atomic E-state index is 12.9. The molecule has 0 amide bonds. The van der Waals surface area contributed by atoms with Crippen LogP contribution in [0.25, 0.3) is 5.69 Å². The molecule has 4 atom stereocenters. The molecule has 0 radical (unpaired) electrons. The van der Waals surface area contributed by atoms with Crippen molar-refractivity contribution in [3.05, 3.63) is 75.1 Å². The topological polar surface area (TPSA) is 48.9 Å². The van der Waals surface area contributed by atoms with Crippen molar-refractivity contribution in [1.29, 1.82) is 0 Å². The molecule has 110 valence electrons. The quantitative estimate of drug-likeness (QED) is 0.751. The van der Waals surface area contributed by atoms with Crippen LogP contribution in [0.1, 0.15) is 19.0 Å². The van der Waals surface area contributed by atoms with E-state index in [1.54, 1.807) is 21.5 Å². The van der Waals surface area contributed by atoms with Crippen molar-refractivity contribution in [2.24, 2.45) is 11.8 Å². The van der Waals surface area contributed by atoms with Crippen LogP contribution in [0.15, 0.2) is 63.7 Å². The Kier molecular flexibility index (Phi) is 2.08. The summed E-state index contributed by atoms with van der Waals surface area (Å²) in [6.45, 7) is 2.11. The number of benzene rings is 1. The molecule has 22 heavy (non-hydrogen) atoms. The number of hydrogen-bond donors (Lipinski definition) is 0. The predicted octanol–water partition coefficient (Wildman–Crippen LogP) is 1.66. The van der Waals surface area contributed by atoms with Gasteiger partial charge in [-0.15, -0.1) is 0 Å². The van der Waals surface area contributed by atoms with Gasteiger partial charge in [0.25, 0.3) is 0 Å². The molecule has 5 heteroatoms. The summed E-state index contributed by atoms with van der Waals surface area (Å²) in [6.07, 6.45) is 6.38. The lowest BCUT2D eigenvalue weighted by Crippen LogP contribution is -2.51. The fourth-order valence-electron chi connectivity index (χ4n) is 4.28. The predicted molar refractivity (Wildman–Crippen MR) is 82.2 cm³/mol. The van der Waals surface area contributed by atoms with Crippen LogP contribution in [0.5, 0.6) is 0 Å². The first kappa shape index (κ1) is 12.0. The molecule has 1 aromatic carbocycles. The average Bonchev–Trinajstić information content (AvgIpc) is 2.80. The molecule has 2 aromatic rings. The zero-order chi connectivity index (χ0) is 15.0. The summed E-state index contributed by atoms with van der Waals surface area (Å²) in [5, 5.41) is 0. The summed E-state index contributed by atoms with van der Waals surface area (Å²) in [7, 11) is 0. The van der Waals surface area contributed by atoms with E-state index in [1.807, 2.05) is 18.2 Å². The van der Waals surface area contributed by atoms with E-state index < -0.39 is 0 Å². The Hall–Kier alpha value is -2.56. The maximum atomic E-state index is 12.9. The summed E-state index contributed by atoms with van der Waals surface area (Å²) in [5.41, 5.74) is 1.46. The fourth-order valence-corrected chi connectivity index (χ4v) is 4.28. The van der Waals surface area contributed by atoms with Gasteiger partial charge in [0.15, 0.2) is 0 Å². The van der Waals surface area contributed by atoms with E-state index in [2.05, 4.69) is 25.2 Å². The van der Waals surface area contributed by atoms with E-state index in [-0.39, 0.29) is 23.5 Å². The molecule has 0 saturated carbocycles. The highest BCUT2D eigenvalue weighted by Gasteiger charge is 2.50. The summed E-state index contributed by atoms with van der Waals surface area (Å²) < 4.78 is 4.58. The Morgan fingerprint density at radius 1 is 0.909 bits per heavy atom. The highest BCUT2D eigenvalue weighted by molar-refractivity contribution is 5.35. The number of nitrogens with zero attached hydrogens (tertiary/aromatic N) is 3. The lowest BCUT2D eigenvalue weighted by molar-refractivity contribution is 0.126. The minimum Gasteiger partial charge on any atom is -0.245 e. The summed E-state index contributed by atoms with van der Waals surface area (Å²) in [6, 6.07) is 9.07. The van der Waals surface area contributed by atoms with Crippen LogP contribution in [0.3, 0.4) is 0 Å². The molecule has 0 saturated heterocycles. The molecule has 2 aliphatic heterocycles. The van der Waals surface area contributed by atoms with Gasteiger partial charge in [0, 0.05) is 11.8 Å². The normalized spacial score (nSPS) is 30.5. The Labute approximate surface area is 126 Å². The molecule has 4 aliphatic rings. The maximum Gasteiger partial charge on any atom is 0.352 e. The van der Waals surface area contributed by atoms with E-state index in [4.69, 9.17) is 0 Å². The molecule has 0 spiro atoms. The van der Waals surface area contributed by atoms with E-state index in [9.17, 15) is 9.59 Å². The first-order chi connectivity index (χ1) is 10.7. The molecule has 3 heterocycles. The van der Waals surface area contributed by atoms with E-state index >= 15 is 0 Å². The van der Waals surface area contributed by atoms with Crippen molar-refractivity contribution >= 4 is 0 Å². The molecule has 5 nitrogen and oxygen atoms in total. The molecule has 0 fully saturated rings. The average molecular weight is 293 g/mol. The highest BCUT2D eigenvalue weighted by Crippen LogP contribution is 2.53. The second-order valence-electron chi connectivity index (χ2n) is 6.31. The fraction of sp³-hybridized carbons (Fsp3) is 0.294. The first-order valence-electron chi connectivity index (χ1n) is 7.56. The number of aromatic nitrogens is 3. The van der Waals surface area contributed by atoms with Gasteiger partial charge in [-0.25, -0.2) is 23.5 Å². The minimum atomic E-state index is -0.244. The molecular weight excluding hydrogens is 278 g/mol. The van der Waals surface area contributed by atoms with Crippen LogP contribution in [0.2, 0.25) is 0 Å². The first-order valence-corrected chi connectivity index (χ1v) is 7.56. The van der Waals surface area contributed by atoms with Crippen LogP contribution in [0.4, 0.5) is 0 Å². The second-order valence-corrected chi connectivity index (χ2v) is 6.31. The van der Waals surface area contributed by atoms with E-state index in [0.29, 0.717) is 17.5 Å². The Bertz CT molecular complexity index is 958. The molecule has 0 unspecified atom stereocenters. The van der Waals surface area contributed by atoms with Crippen molar-refractivity contribution in [3.8, 4) is 5.69 Å². The SMILES string of the molecule is CC1=C[C@H]2[C@H]1[C@@H]1C=C[C@@H]2n2c(=O)n(-c3ccccc3)c(=O)n21. The third-order valence-electron chi connectivity index (χ3n) is 5.25. The van der Waals surface area contributed by atoms with E-state index in [0.717, 1.165) is 0 Å². The lowest BCUT2D eigenvalue weighted by Gasteiger charge is -2.50. The van der Waals surface area contributed by atoms with Crippen LogP contribution in [-0.2, 0) is 0 Å². The highest BCUT2D eigenvalue weighted by atomic mass is 16.2. The van der Waals surface area contributed by atoms with Gasteiger partial charge in [0.05, 0.1) is 17.8 Å². The minimum absolute atomic E-state index is 0.0369. The van der Waals surface area contributed by atoms with Gasteiger partial charge < -0.3 is 0 Å². The monoisotopic (exact) mass is 293 g/mol. The number of hydrogen-bond acceptors (Lipinski definition) is 2. The molecule has 2 aliphatic carbocycles. The van der Waals surface area contributed by atoms with Gasteiger partial charge in [-0.1, -0.05) is 42.0 Å². The third-order valence-corrected chi connectivity index (χ3v) is 5.25. The van der Waals surface area contributed by atoms with Crippen LogP contribution in [-0.4, -0.2) is 13.9 Å². The van der Waals surface area contributed by atoms with Gasteiger partial charge >= 0.3 is 11.4 Å². The molecule has 2 bridgehead atoms. The van der Waals surface area contributed by atoms with Crippen molar-refractivity contribution in [2.45, 2.75) is 19.0 Å². The van der Waals surface area contributed by atoms with Gasteiger partial charge in [-0.3, -0.25) is 0 Å². The lowest BCUT2D eigenvalue weighted by atomic mass is 9.64. The van der Waals surface area contributed by atoms with Crippen LogP contribution in [0, 0.1) is 11.8 Å². The number of rotatable bonds is 1. The van der Waals surface area contributed by atoms with Crippen LogP contribution >= 0.6 is 0 Å². The Balaban J connectivity index is 1.80. The molecular formula is C17H15N3O2. The third kappa shape index (κ3) is 1.21. The van der Waals surface area contributed by atoms with Crippen molar-refractivity contribution in [1.82, 2.24) is 13.9 Å². The zero-order valence-corrected chi connectivity index (χ0v) is 12.1. The second kappa shape index (κ2) is 3.80. The number of para-hydroxylation sites is 1. The van der Waals surface area contributed by atoms with E-state index in [1.165, 1.54) is 10.1 Å². The largest absolute Gasteiger partial charge is 0.352 e. The van der Waals surface area contributed by atoms with Crippen molar-refractivity contribution < 1.29 is 0 Å². The summed E-state index contributed by atoms with van der Waals surface area (Å²) in [5.74, 6) is 0.706. The molecule has 0 N–H and O–H groups in total. The van der Waals surface area contributed by atoms with Crippen molar-refractivity contribution in [2.75, 3.05) is 0 Å². The van der Waals surface area contributed by atoms with Gasteiger partial charge in [0.1, 0.15) is 0 Å².